The summed E-state index contributed by atoms with van der Waals surface area (Å²) in [5.74, 6) is 0.295. The molecule has 1 aliphatic carbocycles. The van der Waals surface area contributed by atoms with Crippen LogP contribution in [0.15, 0.2) is 59.8 Å². The van der Waals surface area contributed by atoms with Gasteiger partial charge in [-0.25, -0.2) is 0 Å². The highest BCUT2D eigenvalue weighted by molar-refractivity contribution is 5.98. The lowest BCUT2D eigenvalue weighted by Crippen LogP contribution is -2.31. The third kappa shape index (κ3) is 5.82. The lowest BCUT2D eigenvalue weighted by atomic mass is 9.92. The van der Waals surface area contributed by atoms with Gasteiger partial charge in [0.1, 0.15) is 0 Å². The molecule has 2 aromatic rings. The topological polar surface area (TPSA) is 85.9 Å². The van der Waals surface area contributed by atoms with Crippen molar-refractivity contribution in [2.45, 2.75) is 37.8 Å². The van der Waals surface area contributed by atoms with E-state index in [1.807, 2.05) is 48.5 Å². The van der Waals surface area contributed by atoms with Gasteiger partial charge in [-0.1, -0.05) is 35.5 Å². The summed E-state index contributed by atoms with van der Waals surface area (Å²) in [5.41, 5.74) is 6.77. The van der Waals surface area contributed by atoms with Crippen LogP contribution >= 0.6 is 0 Å². The van der Waals surface area contributed by atoms with Crippen LogP contribution in [0.1, 0.15) is 36.0 Å². The Morgan fingerprint density at radius 1 is 1.07 bits per heavy atom. The van der Waals surface area contributed by atoms with E-state index >= 15 is 0 Å². The zero-order valence-electron chi connectivity index (χ0n) is 15.2. The molecule has 0 radical (unpaired) electrons. The first-order valence-electron chi connectivity index (χ1n) is 9.23. The smallest absolute Gasteiger partial charge is 0.250 e. The van der Waals surface area contributed by atoms with Gasteiger partial charge in [0, 0.05) is 11.7 Å². The van der Waals surface area contributed by atoms with Crippen LogP contribution in [-0.4, -0.2) is 30.9 Å². The number of oxime groups is 1. The third-order valence-electron chi connectivity index (χ3n) is 4.61. The molecular formula is C21H25N3O3. The summed E-state index contributed by atoms with van der Waals surface area (Å²) in [6, 6.07) is 17.1. The molecular weight excluding hydrogens is 342 g/mol. The first-order chi connectivity index (χ1) is 13.2. The maximum absolute atomic E-state index is 11.5. The van der Waals surface area contributed by atoms with Gasteiger partial charge in [-0.05, 0) is 49.9 Å². The van der Waals surface area contributed by atoms with Gasteiger partial charge in [-0.15, -0.1) is 0 Å². The molecule has 6 heteroatoms. The standard InChI is InChI=1S/C21H25N3O3/c22-21(25)19-8-4-5-9-20(19)24-16-10-12-17(13-11-16)26-15-14-23-27-18-6-2-1-3-7-18/h1-9,14,16-17,24H,10-13,15H2,(H2,22,25)/b23-14-. The molecule has 2 aromatic carbocycles. The Morgan fingerprint density at radius 3 is 2.52 bits per heavy atom. The Morgan fingerprint density at radius 2 is 1.78 bits per heavy atom. The molecule has 1 aliphatic rings. The van der Waals surface area contributed by atoms with Crippen LogP contribution in [0.3, 0.4) is 0 Å². The van der Waals surface area contributed by atoms with Crippen LogP contribution in [0, 0.1) is 0 Å². The van der Waals surface area contributed by atoms with Crippen LogP contribution in [-0.2, 0) is 4.74 Å². The van der Waals surface area contributed by atoms with Gasteiger partial charge < -0.3 is 20.6 Å². The number of anilines is 1. The average molecular weight is 367 g/mol. The van der Waals surface area contributed by atoms with Gasteiger partial charge >= 0.3 is 0 Å². The minimum atomic E-state index is -0.410. The number of nitrogens with one attached hydrogen (secondary N) is 1. The number of nitrogens with zero attached hydrogens (tertiary/aromatic N) is 1. The molecule has 0 aromatic heterocycles. The highest BCUT2D eigenvalue weighted by atomic mass is 16.6. The number of nitrogens with two attached hydrogens (primary N) is 1. The average Bonchev–Trinajstić information content (AvgIpc) is 2.70. The van der Waals surface area contributed by atoms with Gasteiger partial charge in [0.25, 0.3) is 5.91 Å². The van der Waals surface area contributed by atoms with E-state index in [9.17, 15) is 4.79 Å². The second-order valence-corrected chi connectivity index (χ2v) is 6.55. The zero-order valence-corrected chi connectivity index (χ0v) is 15.2. The van der Waals surface area contributed by atoms with E-state index in [-0.39, 0.29) is 6.10 Å². The summed E-state index contributed by atoms with van der Waals surface area (Å²) in [5, 5.41) is 7.36. The Labute approximate surface area is 159 Å². The van der Waals surface area contributed by atoms with Crippen LogP contribution in [0.2, 0.25) is 0 Å². The maximum Gasteiger partial charge on any atom is 0.250 e. The van der Waals surface area contributed by atoms with E-state index in [1.165, 1.54) is 0 Å². The fourth-order valence-electron chi connectivity index (χ4n) is 3.21. The van der Waals surface area contributed by atoms with Gasteiger partial charge in [-0.2, -0.15) is 0 Å². The molecule has 6 nitrogen and oxygen atoms in total. The van der Waals surface area contributed by atoms with Gasteiger partial charge in [-0.3, -0.25) is 4.79 Å². The first-order valence-corrected chi connectivity index (χ1v) is 9.23. The van der Waals surface area contributed by atoms with Crippen molar-refractivity contribution >= 4 is 17.8 Å². The molecule has 0 unspecified atom stereocenters. The van der Waals surface area contributed by atoms with E-state index < -0.39 is 5.91 Å². The number of para-hydroxylation sites is 2. The number of hydrogen-bond acceptors (Lipinski definition) is 5. The van der Waals surface area contributed by atoms with E-state index in [0.29, 0.717) is 24.0 Å². The molecule has 0 atom stereocenters. The molecule has 0 bridgehead atoms. The third-order valence-corrected chi connectivity index (χ3v) is 4.61. The molecule has 0 saturated heterocycles. The second-order valence-electron chi connectivity index (χ2n) is 6.55. The van der Waals surface area contributed by atoms with Crippen molar-refractivity contribution in [2.75, 3.05) is 11.9 Å². The molecule has 27 heavy (non-hydrogen) atoms. The summed E-state index contributed by atoms with van der Waals surface area (Å²) in [6.45, 7) is 0.431. The van der Waals surface area contributed by atoms with Crippen molar-refractivity contribution in [1.29, 1.82) is 0 Å². The summed E-state index contributed by atoms with van der Waals surface area (Å²) >= 11 is 0. The number of primary amides is 1. The number of benzene rings is 2. The highest BCUT2D eigenvalue weighted by Gasteiger charge is 2.22. The second kappa shape index (κ2) is 9.73. The van der Waals surface area contributed by atoms with Crippen LogP contribution < -0.4 is 15.9 Å². The van der Waals surface area contributed by atoms with Crippen molar-refractivity contribution in [1.82, 2.24) is 0 Å². The van der Waals surface area contributed by atoms with Crippen LogP contribution in [0.25, 0.3) is 0 Å². The van der Waals surface area contributed by atoms with Crippen molar-refractivity contribution in [3.05, 3.63) is 60.2 Å². The Kier molecular flexibility index (Phi) is 6.82. The normalized spacial score (nSPS) is 19.7. The van der Waals surface area contributed by atoms with Gasteiger partial charge in [0.15, 0.2) is 5.75 Å². The fourth-order valence-corrected chi connectivity index (χ4v) is 3.21. The number of amides is 1. The van der Waals surface area contributed by atoms with E-state index in [0.717, 1.165) is 31.4 Å². The number of rotatable bonds is 8. The van der Waals surface area contributed by atoms with Crippen LogP contribution in [0.5, 0.6) is 5.75 Å². The molecule has 1 amide bonds. The number of carbonyl (C=O) groups excluding carboxylic acids is 1. The van der Waals surface area contributed by atoms with E-state index in [1.54, 1.807) is 12.3 Å². The van der Waals surface area contributed by atoms with Gasteiger partial charge in [0.05, 0.1) is 24.5 Å². The molecule has 0 heterocycles. The van der Waals surface area contributed by atoms with Crippen molar-refractivity contribution in [2.24, 2.45) is 10.9 Å². The highest BCUT2D eigenvalue weighted by Crippen LogP contribution is 2.25. The monoisotopic (exact) mass is 367 g/mol. The molecule has 0 aliphatic heterocycles. The largest absolute Gasteiger partial charge is 0.382 e. The molecule has 142 valence electrons. The minimum Gasteiger partial charge on any atom is -0.382 e. The number of carbonyl (C=O) groups is 1. The van der Waals surface area contributed by atoms with Crippen LogP contribution in [0.4, 0.5) is 5.69 Å². The molecule has 1 fully saturated rings. The molecule has 3 N–H and O–H groups in total. The fraction of sp³-hybridized carbons (Fsp3) is 0.333. The summed E-state index contributed by atoms with van der Waals surface area (Å²) < 4.78 is 5.85. The predicted molar refractivity (Wildman–Crippen MR) is 106 cm³/mol. The van der Waals surface area contributed by atoms with E-state index in [4.69, 9.17) is 15.3 Å². The molecule has 3 rings (SSSR count). The van der Waals surface area contributed by atoms with Crippen molar-refractivity contribution in [3.8, 4) is 5.75 Å². The summed E-state index contributed by atoms with van der Waals surface area (Å²) in [4.78, 5) is 16.8. The Bertz CT molecular complexity index is 756. The number of ether oxygens (including phenoxy) is 1. The predicted octanol–water partition coefficient (Wildman–Crippen LogP) is 3.59. The SMILES string of the molecule is NC(=O)c1ccccc1NC1CCC(OC/C=N\Oc2ccccc2)CC1. The lowest BCUT2D eigenvalue weighted by Gasteiger charge is -2.29. The molecule has 1 saturated carbocycles. The lowest BCUT2D eigenvalue weighted by molar-refractivity contribution is 0.0512. The Hall–Kier alpha value is -2.86. The molecule has 0 spiro atoms. The summed E-state index contributed by atoms with van der Waals surface area (Å²) in [7, 11) is 0. The zero-order chi connectivity index (χ0) is 18.9. The maximum atomic E-state index is 11.5. The van der Waals surface area contributed by atoms with Crippen molar-refractivity contribution in [3.63, 3.8) is 0 Å². The van der Waals surface area contributed by atoms with E-state index in [2.05, 4.69) is 10.5 Å². The summed E-state index contributed by atoms with van der Waals surface area (Å²) in [6.07, 6.45) is 5.75. The Balaban J connectivity index is 1.37. The van der Waals surface area contributed by atoms with Gasteiger partial charge in [0.2, 0.25) is 0 Å². The minimum absolute atomic E-state index is 0.220. The van der Waals surface area contributed by atoms with Crippen molar-refractivity contribution < 1.29 is 14.4 Å². The quantitative estimate of drug-likeness (QED) is 0.551. The first kappa shape index (κ1) is 18.9. The number of hydrogen-bond donors (Lipinski definition) is 2.